The van der Waals surface area contributed by atoms with Crippen molar-refractivity contribution in [1.82, 2.24) is 19.9 Å². The molecule has 32 heavy (non-hydrogen) atoms. The van der Waals surface area contributed by atoms with E-state index in [1.165, 1.54) is 0 Å². The van der Waals surface area contributed by atoms with Gasteiger partial charge in [0.05, 0.1) is 5.52 Å². The lowest BCUT2D eigenvalue weighted by molar-refractivity contribution is -0.138. The van der Waals surface area contributed by atoms with Gasteiger partial charge in [-0.15, -0.1) is 0 Å². The zero-order valence-electron chi connectivity index (χ0n) is 18.9. The van der Waals surface area contributed by atoms with Crippen LogP contribution in [-0.2, 0) is 4.79 Å². The van der Waals surface area contributed by atoms with E-state index in [4.69, 9.17) is 10.1 Å². The monoisotopic (exact) mass is 435 g/mol. The second kappa shape index (κ2) is 10.6. The van der Waals surface area contributed by atoms with Crippen molar-refractivity contribution in [2.45, 2.75) is 64.7 Å². The number of nitrogens with zero attached hydrogens (tertiary/aromatic N) is 4. The van der Waals surface area contributed by atoms with Gasteiger partial charge < -0.3 is 15.0 Å². The number of anilines is 1. The molecule has 3 aromatic heterocycles. The van der Waals surface area contributed by atoms with Gasteiger partial charge in [-0.1, -0.05) is 25.7 Å². The molecular weight excluding hydrogens is 402 g/mol. The lowest BCUT2D eigenvalue weighted by Gasteiger charge is -2.25. The number of hydrogen-bond donors (Lipinski definition) is 2. The number of nitrogens with one attached hydrogen (secondary N) is 1. The molecule has 0 bridgehead atoms. The minimum atomic E-state index is -0.656. The van der Waals surface area contributed by atoms with Crippen LogP contribution >= 0.6 is 0 Å². The van der Waals surface area contributed by atoms with Crippen molar-refractivity contribution < 1.29 is 9.90 Å². The molecule has 0 saturated carbocycles. The number of aromatic nitrogens is 4. The first-order valence-corrected chi connectivity index (χ1v) is 11.8. The molecule has 0 aromatic carbocycles. The van der Waals surface area contributed by atoms with Crippen molar-refractivity contribution >= 4 is 23.0 Å². The number of rotatable bonds is 4. The highest BCUT2D eigenvalue weighted by Crippen LogP contribution is 2.24. The number of hydrogen-bond acceptors (Lipinski definition) is 5. The molecule has 3 aromatic rings. The van der Waals surface area contributed by atoms with Crippen LogP contribution in [0.3, 0.4) is 0 Å². The molecule has 4 rings (SSSR count). The fourth-order valence-corrected chi connectivity index (χ4v) is 4.60. The van der Waals surface area contributed by atoms with E-state index < -0.39 is 5.97 Å². The van der Waals surface area contributed by atoms with E-state index in [9.17, 15) is 4.79 Å². The standard InChI is InChI=1S/C25H33N5O2/c1-18-10-12-21-25(27-18)29-24(28-21)20-11-13-22(26-17-20)30-14-6-2-4-8-19(16-23(31)32)9-5-3-7-15-30/h10-13,17,19H,2-9,14-16H2,1H3,(H,31,32)(H,27,28,29). The van der Waals surface area contributed by atoms with Crippen molar-refractivity contribution in [3.8, 4) is 11.4 Å². The number of aliphatic carboxylic acids is 1. The molecule has 7 nitrogen and oxygen atoms in total. The molecule has 1 saturated heterocycles. The van der Waals surface area contributed by atoms with Crippen LogP contribution in [0.1, 0.15) is 63.5 Å². The Balaban J connectivity index is 1.39. The Morgan fingerprint density at radius 2 is 1.78 bits per heavy atom. The van der Waals surface area contributed by atoms with Crippen LogP contribution in [-0.4, -0.2) is 44.1 Å². The molecule has 0 atom stereocenters. The minimum absolute atomic E-state index is 0.323. The van der Waals surface area contributed by atoms with Gasteiger partial charge >= 0.3 is 5.97 Å². The van der Waals surface area contributed by atoms with Gasteiger partial charge in [0.25, 0.3) is 0 Å². The first-order valence-electron chi connectivity index (χ1n) is 11.8. The van der Waals surface area contributed by atoms with E-state index in [0.717, 1.165) is 98.5 Å². The number of imidazole rings is 1. The molecular formula is C25H33N5O2. The number of carbonyl (C=O) groups is 1. The van der Waals surface area contributed by atoms with Crippen molar-refractivity contribution in [3.63, 3.8) is 0 Å². The molecule has 4 heterocycles. The summed E-state index contributed by atoms with van der Waals surface area (Å²) in [6.45, 7) is 3.95. The predicted molar refractivity (Wildman–Crippen MR) is 127 cm³/mol. The quantitative estimate of drug-likeness (QED) is 0.573. The Bertz CT molecular complexity index is 1020. The van der Waals surface area contributed by atoms with Gasteiger partial charge in [-0.3, -0.25) is 4.79 Å². The van der Waals surface area contributed by atoms with E-state index in [-0.39, 0.29) is 0 Å². The molecule has 1 fully saturated rings. The molecule has 0 unspecified atom stereocenters. The Labute approximate surface area is 189 Å². The number of H-pyrrole nitrogens is 1. The highest BCUT2D eigenvalue weighted by atomic mass is 16.4. The van der Waals surface area contributed by atoms with Crippen molar-refractivity contribution in [2.75, 3.05) is 18.0 Å². The molecule has 0 aliphatic carbocycles. The van der Waals surface area contributed by atoms with Crippen molar-refractivity contribution in [2.24, 2.45) is 5.92 Å². The van der Waals surface area contributed by atoms with Gasteiger partial charge in [0.15, 0.2) is 5.65 Å². The van der Waals surface area contributed by atoms with Crippen LogP contribution in [0, 0.1) is 12.8 Å². The summed E-state index contributed by atoms with van der Waals surface area (Å²) < 4.78 is 0. The summed E-state index contributed by atoms with van der Waals surface area (Å²) in [6.07, 6.45) is 11.0. The van der Waals surface area contributed by atoms with Gasteiger partial charge in [-0.05, 0) is 62.8 Å². The molecule has 1 aliphatic rings. The summed E-state index contributed by atoms with van der Waals surface area (Å²) in [5, 5.41) is 9.13. The maximum Gasteiger partial charge on any atom is 0.303 e. The molecule has 1 aliphatic heterocycles. The highest BCUT2D eigenvalue weighted by Gasteiger charge is 2.15. The topological polar surface area (TPSA) is 95.0 Å². The molecule has 2 N–H and O–H groups in total. The predicted octanol–water partition coefficient (Wildman–Crippen LogP) is 5.36. The Kier molecular flexibility index (Phi) is 7.35. The maximum atomic E-state index is 11.1. The summed E-state index contributed by atoms with van der Waals surface area (Å²) >= 11 is 0. The number of fused-ring (bicyclic) bond motifs is 1. The average Bonchev–Trinajstić information content (AvgIpc) is 3.18. The molecule has 0 spiro atoms. The first-order chi connectivity index (χ1) is 15.6. The summed E-state index contributed by atoms with van der Waals surface area (Å²) in [5.41, 5.74) is 3.58. The van der Waals surface area contributed by atoms with E-state index in [0.29, 0.717) is 12.3 Å². The highest BCUT2D eigenvalue weighted by molar-refractivity contribution is 5.76. The number of aryl methyl sites for hydroxylation is 1. The van der Waals surface area contributed by atoms with Crippen LogP contribution in [0.15, 0.2) is 30.5 Å². The fraction of sp³-hybridized carbons (Fsp3) is 0.520. The average molecular weight is 436 g/mol. The summed E-state index contributed by atoms with van der Waals surface area (Å²) in [5.74, 6) is 1.49. The first kappa shape index (κ1) is 22.2. The Hall–Kier alpha value is -2.96. The number of pyridine rings is 2. The van der Waals surface area contributed by atoms with Gasteiger partial charge in [0, 0.05) is 37.0 Å². The minimum Gasteiger partial charge on any atom is -0.481 e. The molecule has 0 radical (unpaired) electrons. The summed E-state index contributed by atoms with van der Waals surface area (Å²) in [4.78, 5) is 30.7. The summed E-state index contributed by atoms with van der Waals surface area (Å²) in [6, 6.07) is 8.17. The van der Waals surface area contributed by atoms with E-state index in [1.54, 1.807) is 0 Å². The van der Waals surface area contributed by atoms with E-state index in [1.807, 2.05) is 25.3 Å². The second-order valence-electron chi connectivity index (χ2n) is 8.96. The fourth-order valence-electron chi connectivity index (χ4n) is 4.60. The molecule has 7 heteroatoms. The smallest absolute Gasteiger partial charge is 0.303 e. The third-order valence-corrected chi connectivity index (χ3v) is 6.37. The van der Waals surface area contributed by atoms with Crippen LogP contribution in [0.4, 0.5) is 5.82 Å². The van der Waals surface area contributed by atoms with Crippen LogP contribution in [0.5, 0.6) is 0 Å². The zero-order valence-corrected chi connectivity index (χ0v) is 18.9. The second-order valence-corrected chi connectivity index (χ2v) is 8.96. The lowest BCUT2D eigenvalue weighted by Crippen LogP contribution is -2.27. The number of carboxylic acids is 1. The van der Waals surface area contributed by atoms with Crippen molar-refractivity contribution in [1.29, 1.82) is 0 Å². The number of aromatic amines is 1. The van der Waals surface area contributed by atoms with Gasteiger partial charge in [-0.25, -0.2) is 15.0 Å². The Morgan fingerprint density at radius 1 is 1.03 bits per heavy atom. The van der Waals surface area contributed by atoms with Gasteiger partial charge in [0.1, 0.15) is 11.6 Å². The normalized spacial score (nSPS) is 17.1. The van der Waals surface area contributed by atoms with E-state index in [2.05, 4.69) is 32.0 Å². The number of carboxylic acid groups (broad SMARTS) is 1. The lowest BCUT2D eigenvalue weighted by atomic mass is 9.91. The summed E-state index contributed by atoms with van der Waals surface area (Å²) in [7, 11) is 0. The Morgan fingerprint density at radius 3 is 2.44 bits per heavy atom. The third-order valence-electron chi connectivity index (χ3n) is 6.37. The van der Waals surface area contributed by atoms with E-state index >= 15 is 0 Å². The van der Waals surface area contributed by atoms with Crippen LogP contribution in [0.2, 0.25) is 0 Å². The van der Waals surface area contributed by atoms with Crippen LogP contribution < -0.4 is 4.90 Å². The SMILES string of the molecule is Cc1ccc2[nH]c(-c3ccc(N4CCCCCC(CC(=O)O)CCCCC4)nc3)nc2n1. The van der Waals surface area contributed by atoms with Gasteiger partial charge in [0.2, 0.25) is 0 Å². The maximum absolute atomic E-state index is 11.1. The third kappa shape index (κ3) is 5.84. The van der Waals surface area contributed by atoms with Gasteiger partial charge in [-0.2, -0.15) is 0 Å². The van der Waals surface area contributed by atoms with Crippen molar-refractivity contribution in [3.05, 3.63) is 36.2 Å². The zero-order chi connectivity index (χ0) is 22.3. The molecule has 170 valence electrons. The molecule has 0 amide bonds. The van der Waals surface area contributed by atoms with Crippen LogP contribution in [0.25, 0.3) is 22.6 Å². The largest absolute Gasteiger partial charge is 0.481 e.